The fourth-order valence-electron chi connectivity index (χ4n) is 2.52. The number of rotatable bonds is 4. The maximum atomic E-state index is 13.5. The highest BCUT2D eigenvalue weighted by Gasteiger charge is 2.18. The fraction of sp³-hybridized carbons (Fsp3) is 0.600. The molecule has 1 unspecified atom stereocenters. The standard InChI is InChI=1S/C15H21F2NO/c1-11-4-7-18(8-5-11)9-6-15(19)13-10-12(16)2-3-14(13)17/h2-3,10-11,15,19H,4-9H2,1H3. The summed E-state index contributed by atoms with van der Waals surface area (Å²) in [5, 5.41) is 9.98. The summed E-state index contributed by atoms with van der Waals surface area (Å²) in [5.74, 6) is -0.287. The largest absolute Gasteiger partial charge is 0.388 e. The molecule has 2 rings (SSSR count). The maximum absolute atomic E-state index is 13.5. The van der Waals surface area contributed by atoms with Crippen molar-refractivity contribution < 1.29 is 13.9 Å². The van der Waals surface area contributed by atoms with Gasteiger partial charge in [-0.25, -0.2) is 8.78 Å². The van der Waals surface area contributed by atoms with Gasteiger partial charge in [0.1, 0.15) is 11.6 Å². The first kappa shape index (κ1) is 14.4. The molecule has 0 saturated carbocycles. The van der Waals surface area contributed by atoms with Crippen LogP contribution in [0, 0.1) is 17.6 Å². The second-order valence-corrected chi connectivity index (χ2v) is 5.49. The van der Waals surface area contributed by atoms with Gasteiger partial charge in [0.15, 0.2) is 0 Å². The van der Waals surface area contributed by atoms with E-state index in [0.29, 0.717) is 6.42 Å². The lowest BCUT2D eigenvalue weighted by Gasteiger charge is -2.30. The quantitative estimate of drug-likeness (QED) is 0.907. The second-order valence-electron chi connectivity index (χ2n) is 5.49. The number of aliphatic hydroxyl groups is 1. The number of piperidine rings is 1. The van der Waals surface area contributed by atoms with E-state index in [1.54, 1.807) is 0 Å². The van der Waals surface area contributed by atoms with Gasteiger partial charge in [0.05, 0.1) is 6.10 Å². The summed E-state index contributed by atoms with van der Waals surface area (Å²) in [6.45, 7) is 5.02. The summed E-state index contributed by atoms with van der Waals surface area (Å²) in [6.07, 6.45) is 1.85. The van der Waals surface area contributed by atoms with Crippen LogP contribution in [0.4, 0.5) is 8.78 Å². The van der Waals surface area contributed by atoms with Gasteiger partial charge < -0.3 is 10.0 Å². The Morgan fingerprint density at radius 1 is 1.32 bits per heavy atom. The first-order valence-electron chi connectivity index (χ1n) is 6.91. The first-order valence-corrected chi connectivity index (χ1v) is 6.91. The number of aliphatic hydroxyl groups excluding tert-OH is 1. The van der Waals surface area contributed by atoms with Gasteiger partial charge >= 0.3 is 0 Å². The number of halogens is 2. The number of hydrogen-bond acceptors (Lipinski definition) is 2. The van der Waals surface area contributed by atoms with Crippen molar-refractivity contribution in [2.24, 2.45) is 5.92 Å². The van der Waals surface area contributed by atoms with E-state index in [1.807, 2.05) is 0 Å². The van der Waals surface area contributed by atoms with Crippen LogP contribution in [0.1, 0.15) is 37.9 Å². The molecule has 1 aromatic rings. The third-order valence-corrected chi connectivity index (χ3v) is 3.91. The molecule has 0 bridgehead atoms. The average molecular weight is 269 g/mol. The van der Waals surface area contributed by atoms with Crippen LogP contribution in [0.5, 0.6) is 0 Å². The number of benzene rings is 1. The molecule has 1 N–H and O–H groups in total. The van der Waals surface area contributed by atoms with Gasteiger partial charge in [0.2, 0.25) is 0 Å². The predicted octanol–water partition coefficient (Wildman–Crippen LogP) is 3.12. The highest BCUT2D eigenvalue weighted by atomic mass is 19.1. The lowest BCUT2D eigenvalue weighted by atomic mass is 9.98. The Hall–Kier alpha value is -1.00. The van der Waals surface area contributed by atoms with Crippen LogP contribution in [0.25, 0.3) is 0 Å². The van der Waals surface area contributed by atoms with Crippen LogP contribution in [0.15, 0.2) is 18.2 Å². The number of hydrogen-bond donors (Lipinski definition) is 1. The van der Waals surface area contributed by atoms with Crippen LogP contribution in [0.2, 0.25) is 0 Å². The van der Waals surface area contributed by atoms with E-state index in [1.165, 1.54) is 12.8 Å². The Labute approximate surface area is 113 Å². The van der Waals surface area contributed by atoms with Gasteiger partial charge in [0, 0.05) is 12.1 Å². The van der Waals surface area contributed by atoms with Gasteiger partial charge in [0.25, 0.3) is 0 Å². The zero-order valence-electron chi connectivity index (χ0n) is 11.3. The van der Waals surface area contributed by atoms with Gasteiger partial charge in [-0.3, -0.25) is 0 Å². The van der Waals surface area contributed by atoms with Crippen molar-refractivity contribution in [2.45, 2.75) is 32.3 Å². The van der Waals surface area contributed by atoms with Crippen molar-refractivity contribution in [1.29, 1.82) is 0 Å². The summed E-state index contributed by atoms with van der Waals surface area (Å²) in [5.41, 5.74) is 0.0605. The second kappa shape index (κ2) is 6.44. The molecule has 19 heavy (non-hydrogen) atoms. The SMILES string of the molecule is CC1CCN(CCC(O)c2cc(F)ccc2F)CC1. The van der Waals surface area contributed by atoms with E-state index in [0.717, 1.165) is 43.8 Å². The van der Waals surface area contributed by atoms with E-state index in [9.17, 15) is 13.9 Å². The van der Waals surface area contributed by atoms with E-state index in [2.05, 4.69) is 11.8 Å². The van der Waals surface area contributed by atoms with Gasteiger partial charge in [-0.05, 0) is 56.5 Å². The van der Waals surface area contributed by atoms with Crippen LogP contribution < -0.4 is 0 Å². The van der Waals surface area contributed by atoms with Crippen molar-refractivity contribution in [1.82, 2.24) is 4.90 Å². The highest BCUT2D eigenvalue weighted by molar-refractivity contribution is 5.21. The van der Waals surface area contributed by atoms with Crippen LogP contribution in [-0.2, 0) is 0 Å². The Kier molecular flexibility index (Phi) is 4.88. The summed E-state index contributed by atoms with van der Waals surface area (Å²) < 4.78 is 26.6. The molecular formula is C15H21F2NO. The van der Waals surface area contributed by atoms with Crippen molar-refractivity contribution in [2.75, 3.05) is 19.6 Å². The maximum Gasteiger partial charge on any atom is 0.129 e. The fourth-order valence-corrected chi connectivity index (χ4v) is 2.52. The summed E-state index contributed by atoms with van der Waals surface area (Å²) in [6, 6.07) is 3.21. The topological polar surface area (TPSA) is 23.5 Å². The predicted molar refractivity (Wildman–Crippen MR) is 70.8 cm³/mol. The molecule has 0 spiro atoms. The molecule has 4 heteroatoms. The Morgan fingerprint density at radius 2 is 2.00 bits per heavy atom. The monoisotopic (exact) mass is 269 g/mol. The van der Waals surface area contributed by atoms with Crippen LogP contribution in [-0.4, -0.2) is 29.6 Å². The Bertz CT molecular complexity index is 417. The smallest absolute Gasteiger partial charge is 0.129 e. The van der Waals surface area contributed by atoms with Gasteiger partial charge in [-0.15, -0.1) is 0 Å². The minimum absolute atomic E-state index is 0.0605. The van der Waals surface area contributed by atoms with Crippen molar-refractivity contribution >= 4 is 0 Å². The number of nitrogens with zero attached hydrogens (tertiary/aromatic N) is 1. The molecule has 1 heterocycles. The molecule has 1 aliphatic rings. The van der Waals surface area contributed by atoms with Crippen LogP contribution in [0.3, 0.4) is 0 Å². The molecule has 0 amide bonds. The molecule has 1 atom stereocenters. The third-order valence-electron chi connectivity index (χ3n) is 3.91. The minimum Gasteiger partial charge on any atom is -0.388 e. The average Bonchev–Trinajstić information content (AvgIpc) is 2.40. The van der Waals surface area contributed by atoms with Crippen molar-refractivity contribution in [3.05, 3.63) is 35.4 Å². The zero-order chi connectivity index (χ0) is 13.8. The van der Waals surface area contributed by atoms with E-state index < -0.39 is 17.7 Å². The van der Waals surface area contributed by atoms with Crippen molar-refractivity contribution in [3.8, 4) is 0 Å². The lowest BCUT2D eigenvalue weighted by molar-refractivity contribution is 0.122. The minimum atomic E-state index is -0.935. The molecule has 1 aliphatic heterocycles. The molecule has 1 saturated heterocycles. The Balaban J connectivity index is 1.87. The van der Waals surface area contributed by atoms with Crippen molar-refractivity contribution in [3.63, 3.8) is 0 Å². The molecule has 1 aromatic carbocycles. The highest BCUT2D eigenvalue weighted by Crippen LogP contribution is 2.23. The normalized spacial score (nSPS) is 19.6. The number of likely N-dealkylation sites (tertiary alicyclic amines) is 1. The van der Waals surface area contributed by atoms with E-state index >= 15 is 0 Å². The first-order chi connectivity index (χ1) is 9.06. The lowest BCUT2D eigenvalue weighted by Crippen LogP contribution is -2.34. The van der Waals surface area contributed by atoms with E-state index in [-0.39, 0.29) is 5.56 Å². The molecule has 0 radical (unpaired) electrons. The summed E-state index contributed by atoms with van der Waals surface area (Å²) in [7, 11) is 0. The zero-order valence-corrected chi connectivity index (χ0v) is 11.3. The third kappa shape index (κ3) is 3.98. The molecular weight excluding hydrogens is 248 g/mol. The Morgan fingerprint density at radius 3 is 2.68 bits per heavy atom. The molecule has 0 aromatic heterocycles. The summed E-state index contributed by atoms with van der Waals surface area (Å²) in [4.78, 5) is 2.28. The molecule has 0 aliphatic carbocycles. The molecule has 2 nitrogen and oxygen atoms in total. The van der Waals surface area contributed by atoms with Gasteiger partial charge in [-0.1, -0.05) is 6.92 Å². The molecule has 1 fully saturated rings. The summed E-state index contributed by atoms with van der Waals surface area (Å²) >= 11 is 0. The molecule has 106 valence electrons. The van der Waals surface area contributed by atoms with Gasteiger partial charge in [-0.2, -0.15) is 0 Å². The van der Waals surface area contributed by atoms with E-state index in [4.69, 9.17) is 0 Å². The van der Waals surface area contributed by atoms with Crippen LogP contribution >= 0.6 is 0 Å².